The molecule has 120 valence electrons. The van der Waals surface area contributed by atoms with E-state index in [9.17, 15) is 5.11 Å². The summed E-state index contributed by atoms with van der Waals surface area (Å²) in [7, 11) is 0. The van der Waals surface area contributed by atoms with E-state index in [2.05, 4.69) is 13.8 Å². The van der Waals surface area contributed by atoms with Gasteiger partial charge in [-0.2, -0.15) is 0 Å². The minimum Gasteiger partial charge on any atom is -0.494 e. The highest BCUT2D eigenvalue weighted by molar-refractivity contribution is 5.28. The fourth-order valence-corrected chi connectivity index (χ4v) is 2.29. The zero-order chi connectivity index (χ0) is 15.5. The van der Waals surface area contributed by atoms with Gasteiger partial charge in [0.2, 0.25) is 0 Å². The maximum Gasteiger partial charge on any atom is 0.119 e. The van der Waals surface area contributed by atoms with E-state index in [0.29, 0.717) is 19.1 Å². The molecular weight excluding hydrogens is 264 g/mol. The molecule has 3 nitrogen and oxygen atoms in total. The van der Waals surface area contributed by atoms with Crippen molar-refractivity contribution >= 4 is 0 Å². The van der Waals surface area contributed by atoms with E-state index in [1.54, 1.807) is 0 Å². The van der Waals surface area contributed by atoms with E-state index in [0.717, 1.165) is 24.3 Å². The largest absolute Gasteiger partial charge is 0.494 e. The van der Waals surface area contributed by atoms with Crippen LogP contribution in [0.3, 0.4) is 0 Å². The molecule has 0 amide bonds. The molecule has 0 aromatic heterocycles. The summed E-state index contributed by atoms with van der Waals surface area (Å²) in [6, 6.07) is 7.57. The predicted octanol–water partition coefficient (Wildman–Crippen LogP) is 4.35. The number of aliphatic hydroxyl groups is 1. The lowest BCUT2D eigenvalue weighted by molar-refractivity contribution is 0.0181. The van der Waals surface area contributed by atoms with Crippen molar-refractivity contribution in [2.24, 2.45) is 5.92 Å². The van der Waals surface area contributed by atoms with Crippen molar-refractivity contribution < 1.29 is 14.6 Å². The summed E-state index contributed by atoms with van der Waals surface area (Å²) in [5.41, 5.74) is 0.875. The van der Waals surface area contributed by atoms with E-state index >= 15 is 0 Å². The number of aliphatic hydroxyl groups excluding tert-OH is 1. The van der Waals surface area contributed by atoms with E-state index in [-0.39, 0.29) is 0 Å². The highest BCUT2D eigenvalue weighted by atomic mass is 16.5. The minimum absolute atomic E-state index is 0.358. The zero-order valence-electron chi connectivity index (χ0n) is 13.7. The van der Waals surface area contributed by atoms with Crippen molar-refractivity contribution in [1.29, 1.82) is 0 Å². The van der Waals surface area contributed by atoms with Gasteiger partial charge >= 0.3 is 0 Å². The average molecular weight is 294 g/mol. The molecule has 0 aliphatic rings. The second-order valence-electron chi connectivity index (χ2n) is 5.47. The van der Waals surface area contributed by atoms with Crippen LogP contribution in [0.1, 0.15) is 58.1 Å². The third-order valence-corrected chi connectivity index (χ3v) is 3.75. The van der Waals surface area contributed by atoms with E-state index in [4.69, 9.17) is 9.47 Å². The molecule has 2 atom stereocenters. The number of ether oxygens (including phenoxy) is 2. The first-order chi connectivity index (χ1) is 10.2. The van der Waals surface area contributed by atoms with Crippen molar-refractivity contribution in [2.45, 2.75) is 52.6 Å². The third-order valence-electron chi connectivity index (χ3n) is 3.75. The first kappa shape index (κ1) is 18.0. The normalized spacial score (nSPS) is 13.9. The van der Waals surface area contributed by atoms with Crippen molar-refractivity contribution in [3.8, 4) is 5.75 Å². The minimum atomic E-state index is -0.565. The Bertz CT molecular complexity index is 361. The number of rotatable bonds is 11. The van der Waals surface area contributed by atoms with Crippen molar-refractivity contribution in [1.82, 2.24) is 0 Å². The summed E-state index contributed by atoms with van der Waals surface area (Å²) in [6.45, 7) is 8.12. The van der Waals surface area contributed by atoms with E-state index in [1.165, 1.54) is 19.3 Å². The third kappa shape index (κ3) is 6.96. The van der Waals surface area contributed by atoms with Crippen molar-refractivity contribution in [3.05, 3.63) is 29.8 Å². The van der Waals surface area contributed by atoms with Gasteiger partial charge in [-0.3, -0.25) is 0 Å². The molecule has 2 unspecified atom stereocenters. The predicted molar refractivity (Wildman–Crippen MR) is 86.7 cm³/mol. The van der Waals surface area contributed by atoms with E-state index < -0.39 is 6.10 Å². The molecule has 0 aliphatic carbocycles. The van der Waals surface area contributed by atoms with Gasteiger partial charge in [-0.05, 0) is 37.0 Å². The van der Waals surface area contributed by atoms with Crippen LogP contribution in [0, 0.1) is 5.92 Å². The molecule has 0 saturated heterocycles. The maximum atomic E-state index is 10.1. The number of unbranched alkanes of at least 4 members (excludes halogenated alkanes) is 1. The standard InChI is InChI=1S/C18H30O3/c1-4-7-8-15(5-2)13-20-14-18(19)16-9-11-17(12-10-16)21-6-3/h9-12,15,18-19H,4-8,13-14H2,1-3H3. The Morgan fingerprint density at radius 3 is 2.33 bits per heavy atom. The van der Waals surface area contributed by atoms with Gasteiger partial charge in [-0.25, -0.2) is 0 Å². The summed E-state index contributed by atoms with van der Waals surface area (Å²) < 4.78 is 11.1. The van der Waals surface area contributed by atoms with Gasteiger partial charge in [0.05, 0.1) is 13.2 Å². The van der Waals surface area contributed by atoms with Gasteiger partial charge in [0.1, 0.15) is 11.9 Å². The van der Waals surface area contributed by atoms with Crippen LogP contribution in [0.5, 0.6) is 5.75 Å². The maximum absolute atomic E-state index is 10.1. The van der Waals surface area contributed by atoms with Crippen molar-refractivity contribution in [3.63, 3.8) is 0 Å². The van der Waals surface area contributed by atoms with Crippen LogP contribution in [0.4, 0.5) is 0 Å². The fourth-order valence-electron chi connectivity index (χ4n) is 2.29. The van der Waals surface area contributed by atoms with Crippen LogP contribution >= 0.6 is 0 Å². The second-order valence-corrected chi connectivity index (χ2v) is 5.47. The second kappa shape index (κ2) is 10.6. The Morgan fingerprint density at radius 1 is 1.05 bits per heavy atom. The molecule has 0 spiro atoms. The molecule has 1 aromatic rings. The molecule has 3 heteroatoms. The van der Waals surface area contributed by atoms with Crippen LogP contribution in [0.2, 0.25) is 0 Å². The smallest absolute Gasteiger partial charge is 0.119 e. The number of hydrogen-bond acceptors (Lipinski definition) is 3. The molecule has 0 bridgehead atoms. The molecule has 21 heavy (non-hydrogen) atoms. The van der Waals surface area contributed by atoms with Crippen LogP contribution in [0.25, 0.3) is 0 Å². The highest BCUT2D eigenvalue weighted by Gasteiger charge is 2.10. The summed E-state index contributed by atoms with van der Waals surface area (Å²) in [5.74, 6) is 1.44. The van der Waals surface area contributed by atoms with Gasteiger partial charge in [-0.15, -0.1) is 0 Å². The summed E-state index contributed by atoms with van der Waals surface area (Å²) in [4.78, 5) is 0. The quantitative estimate of drug-likeness (QED) is 0.659. The van der Waals surface area contributed by atoms with Crippen LogP contribution in [-0.4, -0.2) is 24.9 Å². The van der Waals surface area contributed by atoms with Gasteiger partial charge in [0.25, 0.3) is 0 Å². The van der Waals surface area contributed by atoms with Gasteiger partial charge < -0.3 is 14.6 Å². The lowest BCUT2D eigenvalue weighted by Gasteiger charge is -2.17. The molecule has 1 aromatic carbocycles. The van der Waals surface area contributed by atoms with E-state index in [1.807, 2.05) is 31.2 Å². The highest BCUT2D eigenvalue weighted by Crippen LogP contribution is 2.19. The molecule has 0 fully saturated rings. The number of benzene rings is 1. The van der Waals surface area contributed by atoms with Crippen LogP contribution < -0.4 is 4.74 Å². The van der Waals surface area contributed by atoms with Crippen LogP contribution in [-0.2, 0) is 4.74 Å². The number of hydrogen-bond donors (Lipinski definition) is 1. The Labute approximate surface area is 129 Å². The summed E-state index contributed by atoms with van der Waals surface area (Å²) in [6.07, 6.45) is 4.27. The molecule has 0 radical (unpaired) electrons. The van der Waals surface area contributed by atoms with Gasteiger partial charge in [-0.1, -0.05) is 45.2 Å². The average Bonchev–Trinajstić information content (AvgIpc) is 2.51. The Hall–Kier alpha value is -1.06. The van der Waals surface area contributed by atoms with Crippen LogP contribution in [0.15, 0.2) is 24.3 Å². The molecule has 1 N–H and O–H groups in total. The fraction of sp³-hybridized carbons (Fsp3) is 0.667. The molecule has 0 saturated carbocycles. The SMILES string of the molecule is CCCCC(CC)COCC(O)c1ccc(OCC)cc1. The molecular formula is C18H30O3. The lowest BCUT2D eigenvalue weighted by Crippen LogP contribution is -2.13. The summed E-state index contributed by atoms with van der Waals surface area (Å²) in [5, 5.41) is 10.1. The Kier molecular flexibility index (Phi) is 9.11. The monoisotopic (exact) mass is 294 g/mol. The lowest BCUT2D eigenvalue weighted by atomic mass is 10.0. The molecule has 1 rings (SSSR count). The van der Waals surface area contributed by atoms with Gasteiger partial charge in [0.15, 0.2) is 0 Å². The summed E-state index contributed by atoms with van der Waals surface area (Å²) >= 11 is 0. The topological polar surface area (TPSA) is 38.7 Å². The zero-order valence-corrected chi connectivity index (χ0v) is 13.7. The van der Waals surface area contributed by atoms with Gasteiger partial charge in [0, 0.05) is 6.61 Å². The Balaban J connectivity index is 2.33. The first-order valence-corrected chi connectivity index (χ1v) is 8.19. The molecule has 0 heterocycles. The van der Waals surface area contributed by atoms with Crippen molar-refractivity contribution in [2.75, 3.05) is 19.8 Å². The molecule has 0 aliphatic heterocycles. The first-order valence-electron chi connectivity index (χ1n) is 8.19. The Morgan fingerprint density at radius 2 is 1.76 bits per heavy atom.